The second-order valence-corrected chi connectivity index (χ2v) is 9.48. The highest BCUT2D eigenvalue weighted by Crippen LogP contribution is 2.14. The van der Waals surface area contributed by atoms with Crippen molar-refractivity contribution in [3.8, 4) is 0 Å². The summed E-state index contributed by atoms with van der Waals surface area (Å²) in [7, 11) is -3.22. The first-order valence-corrected chi connectivity index (χ1v) is 11.5. The van der Waals surface area contributed by atoms with Gasteiger partial charge in [-0.2, -0.15) is 4.31 Å². The lowest BCUT2D eigenvalue weighted by atomic mass is 10.0. The summed E-state index contributed by atoms with van der Waals surface area (Å²) in [6.07, 6.45) is 2.76. The zero-order chi connectivity index (χ0) is 19.8. The number of nitrogens with one attached hydrogen (secondary N) is 1. The predicted molar refractivity (Wildman–Crippen MR) is 114 cm³/mol. The number of benzene rings is 1. The zero-order valence-electron chi connectivity index (χ0n) is 16.5. The van der Waals surface area contributed by atoms with Crippen molar-refractivity contribution >= 4 is 15.8 Å². The molecule has 3 rings (SSSR count). The Balaban J connectivity index is 1.37. The summed E-state index contributed by atoms with van der Waals surface area (Å²) < 4.78 is 26.8. The molecule has 0 saturated carbocycles. The maximum absolute atomic E-state index is 12.6. The molecular weight excluding hydrogens is 372 g/mol. The number of piperazine rings is 1. The van der Waals surface area contributed by atoms with Crippen molar-refractivity contribution in [1.29, 1.82) is 0 Å². The molecule has 0 bridgehead atoms. The van der Waals surface area contributed by atoms with Crippen molar-refractivity contribution in [2.24, 2.45) is 5.92 Å². The molecule has 0 radical (unpaired) electrons. The van der Waals surface area contributed by atoms with Crippen LogP contribution in [0, 0.1) is 5.92 Å². The number of aromatic nitrogens is 1. The number of anilines is 1. The molecule has 1 fully saturated rings. The van der Waals surface area contributed by atoms with Crippen LogP contribution in [0.15, 0.2) is 54.7 Å². The molecule has 1 atom stereocenters. The molecule has 1 aliphatic heterocycles. The standard InChI is InChI=1S/C21H30N4O2S/c1-19(17-20-7-3-2-4-8-20)18-22-11-16-28(26,27)25-14-12-24(13-15-25)21-9-5-6-10-23-21/h2-10,19,22H,11-18H2,1H3/t19-/m0/s1. The molecule has 0 amide bonds. The molecule has 1 N–H and O–H groups in total. The monoisotopic (exact) mass is 402 g/mol. The lowest BCUT2D eigenvalue weighted by Crippen LogP contribution is -2.50. The molecule has 0 spiro atoms. The molecule has 152 valence electrons. The van der Waals surface area contributed by atoms with Crippen LogP contribution in [0.4, 0.5) is 5.82 Å². The Hall–Kier alpha value is -1.96. The quantitative estimate of drug-likeness (QED) is 0.650. The van der Waals surface area contributed by atoms with E-state index >= 15 is 0 Å². The highest BCUT2D eigenvalue weighted by Gasteiger charge is 2.26. The molecule has 1 aromatic heterocycles. The van der Waals surface area contributed by atoms with Gasteiger partial charge in [-0.3, -0.25) is 0 Å². The van der Waals surface area contributed by atoms with Gasteiger partial charge in [0.15, 0.2) is 0 Å². The first kappa shape index (κ1) is 20.8. The van der Waals surface area contributed by atoms with E-state index < -0.39 is 10.0 Å². The maximum atomic E-state index is 12.6. The van der Waals surface area contributed by atoms with Gasteiger partial charge in [0.05, 0.1) is 5.75 Å². The lowest BCUT2D eigenvalue weighted by Gasteiger charge is -2.34. The van der Waals surface area contributed by atoms with E-state index in [0.717, 1.165) is 18.8 Å². The molecule has 7 heteroatoms. The van der Waals surface area contributed by atoms with Crippen LogP contribution in [-0.4, -0.2) is 62.7 Å². The third kappa shape index (κ3) is 6.02. The summed E-state index contributed by atoms with van der Waals surface area (Å²) in [6, 6.07) is 16.2. The molecule has 1 aromatic carbocycles. The van der Waals surface area contributed by atoms with Crippen LogP contribution in [-0.2, 0) is 16.4 Å². The van der Waals surface area contributed by atoms with E-state index in [2.05, 4.69) is 46.4 Å². The Morgan fingerprint density at radius 3 is 2.43 bits per heavy atom. The van der Waals surface area contributed by atoms with Crippen LogP contribution in [0.1, 0.15) is 12.5 Å². The number of hydrogen-bond acceptors (Lipinski definition) is 5. The summed E-state index contributed by atoms with van der Waals surface area (Å²) in [5.74, 6) is 1.52. The Morgan fingerprint density at radius 2 is 1.75 bits per heavy atom. The molecule has 28 heavy (non-hydrogen) atoms. The summed E-state index contributed by atoms with van der Waals surface area (Å²) in [5, 5.41) is 3.31. The molecule has 2 aromatic rings. The Kier molecular flexibility index (Phi) is 7.42. The number of pyridine rings is 1. The third-order valence-electron chi connectivity index (χ3n) is 5.06. The molecule has 1 aliphatic rings. The molecule has 0 unspecified atom stereocenters. The normalized spacial score (nSPS) is 16.8. The van der Waals surface area contributed by atoms with E-state index in [4.69, 9.17) is 0 Å². The van der Waals surface area contributed by atoms with Gasteiger partial charge in [-0.1, -0.05) is 43.3 Å². The fourth-order valence-corrected chi connectivity index (χ4v) is 4.88. The fraction of sp³-hybridized carbons (Fsp3) is 0.476. The SMILES string of the molecule is C[C@H](CNCCS(=O)(=O)N1CCN(c2ccccn2)CC1)Cc1ccccc1. The minimum absolute atomic E-state index is 0.147. The average Bonchev–Trinajstić information content (AvgIpc) is 2.73. The second-order valence-electron chi connectivity index (χ2n) is 7.39. The van der Waals surface area contributed by atoms with Crippen molar-refractivity contribution in [2.75, 3.05) is 49.9 Å². The Bertz CT molecular complexity index is 807. The smallest absolute Gasteiger partial charge is 0.215 e. The Morgan fingerprint density at radius 1 is 1.04 bits per heavy atom. The van der Waals surface area contributed by atoms with Gasteiger partial charge in [-0.25, -0.2) is 13.4 Å². The van der Waals surface area contributed by atoms with Gasteiger partial charge in [-0.15, -0.1) is 0 Å². The van der Waals surface area contributed by atoms with E-state index in [1.807, 2.05) is 24.3 Å². The van der Waals surface area contributed by atoms with E-state index in [1.54, 1.807) is 10.5 Å². The first-order valence-electron chi connectivity index (χ1n) is 9.93. The van der Waals surface area contributed by atoms with Gasteiger partial charge in [0.2, 0.25) is 10.0 Å². The van der Waals surface area contributed by atoms with Gasteiger partial charge < -0.3 is 10.2 Å². The van der Waals surface area contributed by atoms with Gasteiger partial charge in [0.25, 0.3) is 0 Å². The van der Waals surface area contributed by atoms with E-state index in [0.29, 0.717) is 38.6 Å². The second kappa shape index (κ2) is 10.0. The number of nitrogens with zero attached hydrogens (tertiary/aromatic N) is 3. The molecular formula is C21H30N4O2S. The van der Waals surface area contributed by atoms with Crippen molar-refractivity contribution in [2.45, 2.75) is 13.3 Å². The van der Waals surface area contributed by atoms with Crippen molar-refractivity contribution < 1.29 is 8.42 Å². The van der Waals surface area contributed by atoms with Crippen LogP contribution in [0.25, 0.3) is 0 Å². The molecule has 1 saturated heterocycles. The summed E-state index contributed by atoms with van der Waals surface area (Å²) in [4.78, 5) is 6.48. The highest BCUT2D eigenvalue weighted by atomic mass is 32.2. The topological polar surface area (TPSA) is 65.5 Å². The number of rotatable bonds is 9. The van der Waals surface area contributed by atoms with Crippen LogP contribution in [0.3, 0.4) is 0 Å². The minimum atomic E-state index is -3.22. The fourth-order valence-electron chi connectivity index (χ4n) is 3.50. The average molecular weight is 403 g/mol. The molecule has 0 aliphatic carbocycles. The van der Waals surface area contributed by atoms with Crippen LogP contribution in [0.2, 0.25) is 0 Å². The summed E-state index contributed by atoms with van der Waals surface area (Å²) in [5.41, 5.74) is 1.31. The van der Waals surface area contributed by atoms with Crippen LogP contribution in [0.5, 0.6) is 0 Å². The summed E-state index contributed by atoms with van der Waals surface area (Å²) in [6.45, 7) is 5.88. The van der Waals surface area contributed by atoms with Gasteiger partial charge in [0.1, 0.15) is 5.82 Å². The number of hydrogen-bond donors (Lipinski definition) is 1. The third-order valence-corrected chi connectivity index (χ3v) is 6.93. The van der Waals surface area contributed by atoms with Crippen molar-refractivity contribution in [3.05, 3.63) is 60.3 Å². The van der Waals surface area contributed by atoms with E-state index in [-0.39, 0.29) is 5.75 Å². The van der Waals surface area contributed by atoms with Crippen LogP contribution >= 0.6 is 0 Å². The molecule has 6 nitrogen and oxygen atoms in total. The number of sulfonamides is 1. The van der Waals surface area contributed by atoms with Gasteiger partial charge in [-0.05, 0) is 36.6 Å². The Labute approximate surface area is 168 Å². The van der Waals surface area contributed by atoms with Crippen LogP contribution < -0.4 is 10.2 Å². The maximum Gasteiger partial charge on any atom is 0.215 e. The first-order chi connectivity index (χ1) is 13.5. The minimum Gasteiger partial charge on any atom is -0.354 e. The van der Waals surface area contributed by atoms with Gasteiger partial charge in [0, 0.05) is 38.9 Å². The summed E-state index contributed by atoms with van der Waals surface area (Å²) >= 11 is 0. The zero-order valence-corrected chi connectivity index (χ0v) is 17.3. The van der Waals surface area contributed by atoms with Gasteiger partial charge >= 0.3 is 0 Å². The van der Waals surface area contributed by atoms with E-state index in [9.17, 15) is 8.42 Å². The molecule has 2 heterocycles. The lowest BCUT2D eigenvalue weighted by molar-refractivity contribution is 0.383. The predicted octanol–water partition coefficient (Wildman–Crippen LogP) is 2.00. The highest BCUT2D eigenvalue weighted by molar-refractivity contribution is 7.89. The van der Waals surface area contributed by atoms with Crippen molar-refractivity contribution in [3.63, 3.8) is 0 Å². The van der Waals surface area contributed by atoms with Crippen molar-refractivity contribution in [1.82, 2.24) is 14.6 Å². The largest absolute Gasteiger partial charge is 0.354 e. The van der Waals surface area contributed by atoms with E-state index in [1.165, 1.54) is 5.56 Å².